The van der Waals surface area contributed by atoms with Crippen LogP contribution in [-0.4, -0.2) is 44.0 Å². The van der Waals surface area contributed by atoms with Crippen molar-refractivity contribution in [1.29, 1.82) is 0 Å². The monoisotopic (exact) mass is 363 g/mol. The maximum absolute atomic E-state index is 12.6. The zero-order chi connectivity index (χ0) is 18.5. The highest BCUT2D eigenvalue weighted by atomic mass is 32.2. The Kier molecular flexibility index (Phi) is 4.49. The van der Waals surface area contributed by atoms with Gasteiger partial charge in [0.25, 0.3) is 0 Å². The molecule has 2 heterocycles. The van der Waals surface area contributed by atoms with Crippen molar-refractivity contribution < 1.29 is 14.7 Å². The summed E-state index contributed by atoms with van der Waals surface area (Å²) in [6.07, 6.45) is 0. The number of phenolic OH excluding ortho intramolecular Hbond substituents is 1. The van der Waals surface area contributed by atoms with Gasteiger partial charge in [0.15, 0.2) is 0 Å². The Morgan fingerprint density at radius 3 is 2.48 bits per heavy atom. The van der Waals surface area contributed by atoms with Crippen molar-refractivity contribution in [2.75, 3.05) is 0 Å². The summed E-state index contributed by atoms with van der Waals surface area (Å²) < 4.78 is -0.0486. The van der Waals surface area contributed by atoms with E-state index >= 15 is 0 Å². The quantitative estimate of drug-likeness (QED) is 0.706. The SMILES string of the molecule is CC(C)C1N2C(=O)C(NC(=O)C(N)c3ccc(O)cc3)C2SC1(C)C. The number of thioether (sulfide) groups is 1. The number of rotatable bonds is 4. The van der Waals surface area contributed by atoms with Gasteiger partial charge in [0.05, 0.1) is 0 Å². The lowest BCUT2D eigenvalue weighted by Gasteiger charge is -2.46. The zero-order valence-corrected chi connectivity index (χ0v) is 15.7. The molecule has 1 aromatic rings. The van der Waals surface area contributed by atoms with Crippen molar-refractivity contribution in [3.05, 3.63) is 29.8 Å². The average Bonchev–Trinajstić information content (AvgIpc) is 2.80. The predicted octanol–water partition coefficient (Wildman–Crippen LogP) is 1.60. The van der Waals surface area contributed by atoms with Gasteiger partial charge in [0, 0.05) is 10.8 Å². The van der Waals surface area contributed by atoms with Crippen LogP contribution in [0.4, 0.5) is 0 Å². The topological polar surface area (TPSA) is 95.7 Å². The fraction of sp³-hybridized carbons (Fsp3) is 0.556. The maximum Gasteiger partial charge on any atom is 0.249 e. The number of nitrogens with zero attached hydrogens (tertiary/aromatic N) is 1. The van der Waals surface area contributed by atoms with E-state index in [1.165, 1.54) is 12.1 Å². The van der Waals surface area contributed by atoms with Crippen molar-refractivity contribution in [3.8, 4) is 5.75 Å². The molecule has 4 N–H and O–H groups in total. The van der Waals surface area contributed by atoms with E-state index in [9.17, 15) is 14.7 Å². The molecule has 2 fully saturated rings. The highest BCUT2D eigenvalue weighted by Gasteiger charge is 2.62. The first-order valence-electron chi connectivity index (χ1n) is 8.48. The predicted molar refractivity (Wildman–Crippen MR) is 97.9 cm³/mol. The van der Waals surface area contributed by atoms with Gasteiger partial charge in [-0.05, 0) is 37.5 Å². The Bertz CT molecular complexity index is 689. The Hall–Kier alpha value is -1.73. The molecular formula is C18H25N3O3S. The molecule has 3 rings (SSSR count). The molecule has 0 radical (unpaired) electrons. The molecule has 6 nitrogen and oxygen atoms in total. The van der Waals surface area contributed by atoms with Crippen LogP contribution in [0.1, 0.15) is 39.3 Å². The number of hydrogen-bond donors (Lipinski definition) is 3. The van der Waals surface area contributed by atoms with Crippen LogP contribution in [0, 0.1) is 5.92 Å². The molecule has 2 aliphatic heterocycles. The fourth-order valence-corrected chi connectivity index (χ4v) is 5.77. The Balaban J connectivity index is 1.69. The number of fused-ring (bicyclic) bond motifs is 1. The van der Waals surface area contributed by atoms with E-state index in [1.807, 2.05) is 4.90 Å². The number of benzene rings is 1. The van der Waals surface area contributed by atoms with E-state index in [2.05, 4.69) is 33.0 Å². The van der Waals surface area contributed by atoms with Gasteiger partial charge in [-0.3, -0.25) is 9.59 Å². The highest BCUT2D eigenvalue weighted by Crippen LogP contribution is 2.52. The summed E-state index contributed by atoms with van der Waals surface area (Å²) in [6, 6.07) is 4.95. The normalized spacial score (nSPS) is 28.5. The molecule has 0 aliphatic carbocycles. The summed E-state index contributed by atoms with van der Waals surface area (Å²) in [7, 11) is 0. The molecule has 0 saturated carbocycles. The largest absolute Gasteiger partial charge is 0.508 e. The lowest BCUT2D eigenvalue weighted by atomic mass is 9.87. The Labute approximate surface area is 152 Å². The van der Waals surface area contributed by atoms with Crippen molar-refractivity contribution in [1.82, 2.24) is 10.2 Å². The number of nitrogens with two attached hydrogens (primary N) is 1. The number of phenols is 1. The first kappa shape index (κ1) is 18.1. The standard InChI is InChI=1S/C18H25N3O3S/c1-9(2)14-18(3,4)25-17-13(16(24)21(14)17)20-15(23)12(19)10-5-7-11(22)8-6-10/h5-9,12-14,17,22H,19H2,1-4H3,(H,20,23). The van der Waals surface area contributed by atoms with Gasteiger partial charge in [-0.2, -0.15) is 0 Å². The molecule has 0 aromatic heterocycles. The van der Waals surface area contributed by atoms with Gasteiger partial charge >= 0.3 is 0 Å². The van der Waals surface area contributed by atoms with Crippen LogP contribution in [0.15, 0.2) is 24.3 Å². The lowest BCUT2D eigenvalue weighted by Crippen LogP contribution is -2.70. The number of carbonyl (C=O) groups excluding carboxylic acids is 2. The van der Waals surface area contributed by atoms with Crippen molar-refractivity contribution in [2.45, 2.75) is 55.9 Å². The summed E-state index contributed by atoms with van der Waals surface area (Å²) in [4.78, 5) is 27.0. The van der Waals surface area contributed by atoms with Gasteiger partial charge in [0.1, 0.15) is 23.2 Å². The van der Waals surface area contributed by atoms with Gasteiger partial charge < -0.3 is 21.1 Å². The van der Waals surface area contributed by atoms with Crippen LogP contribution in [0.3, 0.4) is 0 Å². The second-order valence-electron chi connectivity index (χ2n) is 7.60. The van der Waals surface area contributed by atoms with E-state index in [0.717, 1.165) is 0 Å². The smallest absolute Gasteiger partial charge is 0.249 e. The minimum Gasteiger partial charge on any atom is -0.508 e. The number of hydrogen-bond acceptors (Lipinski definition) is 5. The molecule has 25 heavy (non-hydrogen) atoms. The molecule has 2 saturated heterocycles. The number of amides is 2. The van der Waals surface area contributed by atoms with Crippen molar-refractivity contribution in [3.63, 3.8) is 0 Å². The van der Waals surface area contributed by atoms with Crippen molar-refractivity contribution >= 4 is 23.6 Å². The molecule has 0 spiro atoms. The molecule has 7 heteroatoms. The number of carbonyl (C=O) groups is 2. The minimum absolute atomic E-state index is 0.0342. The maximum atomic E-state index is 12.6. The zero-order valence-electron chi connectivity index (χ0n) is 14.9. The average molecular weight is 363 g/mol. The summed E-state index contributed by atoms with van der Waals surface area (Å²) in [5.74, 6) is 0.0564. The third-order valence-corrected chi connectivity index (χ3v) is 6.57. The number of β-lactam (4-membered cyclic amide) rings is 1. The molecule has 2 aliphatic rings. The summed E-state index contributed by atoms with van der Waals surface area (Å²) in [6.45, 7) is 8.54. The highest BCUT2D eigenvalue weighted by molar-refractivity contribution is 8.01. The molecule has 4 unspecified atom stereocenters. The van der Waals surface area contributed by atoms with Crippen LogP contribution in [-0.2, 0) is 9.59 Å². The van der Waals surface area contributed by atoms with Crippen LogP contribution in [0.25, 0.3) is 0 Å². The second kappa shape index (κ2) is 6.21. The number of nitrogens with one attached hydrogen (secondary N) is 1. The van der Waals surface area contributed by atoms with Crippen LogP contribution in [0.2, 0.25) is 0 Å². The van der Waals surface area contributed by atoms with E-state index in [4.69, 9.17) is 5.73 Å². The summed E-state index contributed by atoms with van der Waals surface area (Å²) >= 11 is 1.73. The van der Waals surface area contributed by atoms with Gasteiger partial charge in [-0.15, -0.1) is 11.8 Å². The third kappa shape index (κ3) is 3.00. The number of aromatic hydroxyl groups is 1. The molecule has 0 bridgehead atoms. The van der Waals surface area contributed by atoms with Gasteiger partial charge in [-0.1, -0.05) is 26.0 Å². The second-order valence-corrected chi connectivity index (χ2v) is 9.37. The molecule has 1 aromatic carbocycles. The van der Waals surface area contributed by atoms with Crippen LogP contribution < -0.4 is 11.1 Å². The third-order valence-electron chi connectivity index (χ3n) is 4.98. The van der Waals surface area contributed by atoms with E-state index < -0.39 is 12.1 Å². The minimum atomic E-state index is -0.872. The molecule has 4 atom stereocenters. The van der Waals surface area contributed by atoms with Gasteiger partial charge in [-0.25, -0.2) is 0 Å². The summed E-state index contributed by atoms with van der Waals surface area (Å²) in [5, 5.41) is 12.1. The van der Waals surface area contributed by atoms with E-state index in [-0.39, 0.29) is 33.7 Å². The molecule has 2 amide bonds. The first-order valence-corrected chi connectivity index (χ1v) is 9.36. The van der Waals surface area contributed by atoms with Crippen LogP contribution >= 0.6 is 11.8 Å². The summed E-state index contributed by atoms with van der Waals surface area (Å²) in [5.41, 5.74) is 6.60. The first-order chi connectivity index (χ1) is 11.6. The molecule has 136 valence electrons. The van der Waals surface area contributed by atoms with Gasteiger partial charge in [0.2, 0.25) is 11.8 Å². The lowest BCUT2D eigenvalue weighted by molar-refractivity contribution is -0.152. The molecular weight excluding hydrogens is 338 g/mol. The van der Waals surface area contributed by atoms with Crippen LogP contribution in [0.5, 0.6) is 5.75 Å². The van der Waals surface area contributed by atoms with E-state index in [1.54, 1.807) is 23.9 Å². The Morgan fingerprint density at radius 2 is 1.92 bits per heavy atom. The van der Waals surface area contributed by atoms with Crippen molar-refractivity contribution in [2.24, 2.45) is 11.7 Å². The van der Waals surface area contributed by atoms with E-state index in [0.29, 0.717) is 11.5 Å². The Morgan fingerprint density at radius 1 is 1.32 bits per heavy atom. The fourth-order valence-electron chi connectivity index (χ4n) is 3.96.